The predicted molar refractivity (Wildman–Crippen MR) is 89.8 cm³/mol. The van der Waals surface area contributed by atoms with Crippen LogP contribution in [-0.4, -0.2) is 32.1 Å². The van der Waals surface area contributed by atoms with Crippen LogP contribution >= 0.6 is 23.2 Å². The van der Waals surface area contributed by atoms with Crippen molar-refractivity contribution in [3.63, 3.8) is 0 Å². The molecule has 0 saturated carbocycles. The summed E-state index contributed by atoms with van der Waals surface area (Å²) in [6.07, 6.45) is 4.22. The third kappa shape index (κ3) is 5.87. The molecule has 0 spiro atoms. The molecule has 0 unspecified atom stereocenters. The number of hydrogen-bond acceptors (Lipinski definition) is 3. The fourth-order valence-corrected chi connectivity index (χ4v) is 2.60. The fraction of sp³-hybridized carbons (Fsp3) is 0.438. The van der Waals surface area contributed by atoms with E-state index < -0.39 is 0 Å². The molecule has 2 rings (SSSR count). The Kier molecular flexibility index (Phi) is 7.03. The first-order chi connectivity index (χ1) is 10.6. The summed E-state index contributed by atoms with van der Waals surface area (Å²) in [4.78, 5) is 11.8. The van der Waals surface area contributed by atoms with Crippen LogP contribution in [0.4, 0.5) is 0 Å². The Labute approximate surface area is 140 Å². The number of benzene rings is 1. The lowest BCUT2D eigenvalue weighted by atomic mass is 10.1. The van der Waals surface area contributed by atoms with Crippen LogP contribution in [0.15, 0.2) is 29.8 Å². The minimum absolute atomic E-state index is 0.0465. The van der Waals surface area contributed by atoms with Gasteiger partial charge in [0, 0.05) is 24.5 Å². The number of nitrogens with one attached hydrogen (secondary N) is 2. The molecule has 4 nitrogen and oxygen atoms in total. The van der Waals surface area contributed by atoms with E-state index in [1.165, 1.54) is 5.57 Å². The van der Waals surface area contributed by atoms with Gasteiger partial charge in [0.25, 0.3) is 0 Å². The van der Waals surface area contributed by atoms with Gasteiger partial charge in [0.2, 0.25) is 5.91 Å². The summed E-state index contributed by atoms with van der Waals surface area (Å²) < 4.78 is 5.55. The molecule has 1 aromatic rings. The van der Waals surface area contributed by atoms with E-state index in [1.807, 2.05) is 0 Å². The second kappa shape index (κ2) is 9.03. The van der Waals surface area contributed by atoms with Gasteiger partial charge in [-0.2, -0.15) is 0 Å². The van der Waals surface area contributed by atoms with Crippen molar-refractivity contribution in [2.45, 2.75) is 19.3 Å². The lowest BCUT2D eigenvalue weighted by Crippen LogP contribution is -2.29. The number of ether oxygens (including phenoxy) is 1. The zero-order valence-corrected chi connectivity index (χ0v) is 13.8. The van der Waals surface area contributed by atoms with Crippen LogP contribution in [0.2, 0.25) is 10.0 Å². The molecular weight excluding hydrogens is 323 g/mol. The van der Waals surface area contributed by atoms with E-state index in [0.717, 1.165) is 19.5 Å². The van der Waals surface area contributed by atoms with Crippen molar-refractivity contribution in [2.75, 3.05) is 26.2 Å². The Hall–Kier alpha value is -1.23. The minimum Gasteiger partial charge on any atom is -0.492 e. The van der Waals surface area contributed by atoms with Crippen molar-refractivity contribution in [2.24, 2.45) is 0 Å². The highest BCUT2D eigenvalue weighted by atomic mass is 35.5. The van der Waals surface area contributed by atoms with Gasteiger partial charge in [0.1, 0.15) is 5.75 Å². The summed E-state index contributed by atoms with van der Waals surface area (Å²) in [5.41, 5.74) is 1.29. The molecule has 0 bridgehead atoms. The first-order valence-corrected chi connectivity index (χ1v) is 8.14. The molecule has 0 atom stereocenters. The highest BCUT2D eigenvalue weighted by molar-refractivity contribution is 6.35. The summed E-state index contributed by atoms with van der Waals surface area (Å²) in [6, 6.07) is 5.09. The molecule has 120 valence electrons. The summed E-state index contributed by atoms with van der Waals surface area (Å²) in [5.74, 6) is 0.636. The number of amides is 1. The minimum atomic E-state index is 0.0465. The van der Waals surface area contributed by atoms with Crippen molar-refractivity contribution >= 4 is 29.1 Å². The Morgan fingerprint density at radius 3 is 2.95 bits per heavy atom. The molecule has 1 aliphatic heterocycles. The van der Waals surface area contributed by atoms with E-state index in [9.17, 15) is 4.79 Å². The van der Waals surface area contributed by atoms with Gasteiger partial charge in [-0.3, -0.25) is 4.79 Å². The highest BCUT2D eigenvalue weighted by Crippen LogP contribution is 2.27. The van der Waals surface area contributed by atoms with Crippen molar-refractivity contribution in [1.82, 2.24) is 10.6 Å². The molecule has 6 heteroatoms. The van der Waals surface area contributed by atoms with E-state index in [4.69, 9.17) is 27.9 Å². The summed E-state index contributed by atoms with van der Waals surface area (Å²) in [6.45, 7) is 2.96. The van der Waals surface area contributed by atoms with Gasteiger partial charge in [0.05, 0.1) is 11.6 Å². The normalized spacial score (nSPS) is 14.4. The summed E-state index contributed by atoms with van der Waals surface area (Å²) in [5, 5.41) is 7.23. The zero-order chi connectivity index (χ0) is 15.8. The zero-order valence-electron chi connectivity index (χ0n) is 12.3. The Bertz CT molecular complexity index is 547. The number of rotatable bonds is 7. The van der Waals surface area contributed by atoms with E-state index in [1.54, 1.807) is 18.2 Å². The average Bonchev–Trinajstić information content (AvgIpc) is 2.52. The Morgan fingerprint density at radius 2 is 2.23 bits per heavy atom. The van der Waals surface area contributed by atoms with E-state index >= 15 is 0 Å². The third-order valence-corrected chi connectivity index (χ3v) is 3.90. The van der Waals surface area contributed by atoms with Gasteiger partial charge >= 0.3 is 0 Å². The van der Waals surface area contributed by atoms with Crippen LogP contribution in [0.3, 0.4) is 0 Å². The standard InChI is InChI=1S/C16H20Cl2N2O2/c17-13-3-4-15(14(18)10-13)22-9-1-2-16(21)20-11-12-5-7-19-8-6-12/h3-5,10,19H,1-2,6-9,11H2,(H,20,21). The quantitative estimate of drug-likeness (QED) is 0.591. The van der Waals surface area contributed by atoms with Crippen molar-refractivity contribution < 1.29 is 9.53 Å². The molecule has 0 aromatic heterocycles. The molecule has 22 heavy (non-hydrogen) atoms. The summed E-state index contributed by atoms with van der Waals surface area (Å²) >= 11 is 11.8. The molecule has 0 fully saturated rings. The second-order valence-corrected chi connectivity index (χ2v) is 5.96. The van der Waals surface area contributed by atoms with Gasteiger partial charge in [-0.25, -0.2) is 0 Å². The second-order valence-electron chi connectivity index (χ2n) is 5.12. The largest absolute Gasteiger partial charge is 0.492 e. The predicted octanol–water partition coefficient (Wildman–Crippen LogP) is 3.19. The molecule has 1 amide bonds. The number of halogens is 2. The Balaban J connectivity index is 1.61. The van der Waals surface area contributed by atoms with Gasteiger partial charge < -0.3 is 15.4 Å². The first-order valence-electron chi connectivity index (χ1n) is 7.38. The van der Waals surface area contributed by atoms with Crippen LogP contribution in [0.25, 0.3) is 0 Å². The Morgan fingerprint density at radius 1 is 1.36 bits per heavy atom. The maximum Gasteiger partial charge on any atom is 0.220 e. The SMILES string of the molecule is O=C(CCCOc1ccc(Cl)cc1Cl)NCC1=CCNCC1. The molecule has 1 aromatic carbocycles. The molecule has 1 heterocycles. The summed E-state index contributed by atoms with van der Waals surface area (Å²) in [7, 11) is 0. The first kappa shape index (κ1) is 17.1. The van der Waals surface area contributed by atoms with Crippen molar-refractivity contribution in [1.29, 1.82) is 0 Å². The molecule has 0 aliphatic carbocycles. The molecule has 0 radical (unpaired) electrons. The van der Waals surface area contributed by atoms with Crippen LogP contribution in [0.5, 0.6) is 5.75 Å². The molecule has 1 aliphatic rings. The van der Waals surface area contributed by atoms with Crippen LogP contribution in [0, 0.1) is 0 Å². The molecule has 2 N–H and O–H groups in total. The lowest BCUT2D eigenvalue weighted by molar-refractivity contribution is -0.121. The van der Waals surface area contributed by atoms with E-state index in [0.29, 0.717) is 41.8 Å². The van der Waals surface area contributed by atoms with E-state index in [2.05, 4.69) is 16.7 Å². The van der Waals surface area contributed by atoms with Crippen molar-refractivity contribution in [3.8, 4) is 5.75 Å². The van der Waals surface area contributed by atoms with Crippen molar-refractivity contribution in [3.05, 3.63) is 39.9 Å². The average molecular weight is 343 g/mol. The highest BCUT2D eigenvalue weighted by Gasteiger charge is 2.06. The monoisotopic (exact) mass is 342 g/mol. The topological polar surface area (TPSA) is 50.4 Å². The maximum absolute atomic E-state index is 11.8. The third-order valence-electron chi connectivity index (χ3n) is 3.37. The lowest BCUT2D eigenvalue weighted by Gasteiger charge is -2.14. The van der Waals surface area contributed by atoms with Crippen LogP contribution in [-0.2, 0) is 4.79 Å². The molecule has 0 saturated heterocycles. The van der Waals surface area contributed by atoms with Crippen LogP contribution < -0.4 is 15.4 Å². The van der Waals surface area contributed by atoms with Gasteiger partial charge in [-0.15, -0.1) is 0 Å². The number of hydrogen-bond donors (Lipinski definition) is 2. The van der Waals surface area contributed by atoms with E-state index in [-0.39, 0.29) is 5.91 Å². The van der Waals surface area contributed by atoms with Gasteiger partial charge in [-0.05, 0) is 37.6 Å². The van der Waals surface area contributed by atoms with Gasteiger partial charge in [-0.1, -0.05) is 34.9 Å². The fourth-order valence-electron chi connectivity index (χ4n) is 2.14. The van der Waals surface area contributed by atoms with Gasteiger partial charge in [0.15, 0.2) is 0 Å². The van der Waals surface area contributed by atoms with Crippen LogP contribution in [0.1, 0.15) is 19.3 Å². The number of carbonyl (C=O) groups is 1. The number of carbonyl (C=O) groups excluding carboxylic acids is 1. The smallest absolute Gasteiger partial charge is 0.220 e. The maximum atomic E-state index is 11.8. The molecular formula is C16H20Cl2N2O2.